The van der Waals surface area contributed by atoms with E-state index in [1.165, 1.54) is 38.5 Å². The van der Waals surface area contributed by atoms with Crippen molar-refractivity contribution >= 4 is 5.78 Å². The molecule has 0 spiro atoms. The summed E-state index contributed by atoms with van der Waals surface area (Å²) in [4.78, 5) is 12.2. The first-order chi connectivity index (χ1) is 9.19. The van der Waals surface area contributed by atoms with Gasteiger partial charge in [-0.25, -0.2) is 0 Å². The minimum absolute atomic E-state index is 0.438. The summed E-state index contributed by atoms with van der Waals surface area (Å²) in [5.41, 5.74) is 0.438. The predicted molar refractivity (Wildman–Crippen MR) is 76.0 cm³/mol. The van der Waals surface area contributed by atoms with E-state index < -0.39 is 0 Å². The first-order valence-corrected chi connectivity index (χ1v) is 8.20. The maximum atomic E-state index is 12.2. The van der Waals surface area contributed by atoms with Crippen molar-refractivity contribution in [1.29, 1.82) is 0 Å². The largest absolute Gasteiger partial charge is 0.385 e. The van der Waals surface area contributed by atoms with Gasteiger partial charge in [-0.1, -0.05) is 0 Å². The third kappa shape index (κ3) is 3.04. The quantitative estimate of drug-likeness (QED) is 0.650. The molecule has 0 aromatic carbocycles. The first kappa shape index (κ1) is 13.6. The van der Waals surface area contributed by atoms with Gasteiger partial charge in [-0.15, -0.1) is 0 Å². The number of hydrogen-bond donors (Lipinski definition) is 0. The average Bonchev–Trinajstić information content (AvgIpc) is 2.32. The highest BCUT2D eigenvalue weighted by Gasteiger charge is 2.51. The molecule has 0 saturated heterocycles. The summed E-state index contributed by atoms with van der Waals surface area (Å²) in [6.07, 6.45) is 12.2. The summed E-state index contributed by atoms with van der Waals surface area (Å²) >= 11 is 0. The Hall–Kier alpha value is -0.370. The second kappa shape index (κ2) is 5.55. The minimum Gasteiger partial charge on any atom is -0.385 e. The maximum absolute atomic E-state index is 12.2. The molecule has 4 bridgehead atoms. The number of rotatable bonds is 7. The molecular formula is C17H28O2. The van der Waals surface area contributed by atoms with Crippen LogP contribution in [-0.2, 0) is 9.53 Å². The number of carbonyl (C=O) groups is 1. The number of Topliss-reactive ketones (excluding diaryl/α,β-unsaturated/α-hetero) is 1. The molecule has 4 aliphatic carbocycles. The first-order valence-electron chi connectivity index (χ1n) is 8.20. The molecule has 4 fully saturated rings. The number of ketones is 1. The smallest absolute Gasteiger partial charge is 0.133 e. The SMILES string of the molecule is COCCCCC(=O)CC12CC3CC(CC(C3)C1)C2. The molecule has 0 unspecified atom stereocenters. The van der Waals surface area contributed by atoms with Crippen LogP contribution < -0.4 is 0 Å². The molecular weight excluding hydrogens is 236 g/mol. The van der Waals surface area contributed by atoms with Gasteiger partial charge in [0.1, 0.15) is 5.78 Å². The van der Waals surface area contributed by atoms with Gasteiger partial charge in [0, 0.05) is 26.6 Å². The lowest BCUT2D eigenvalue weighted by molar-refractivity contribution is -0.127. The van der Waals surface area contributed by atoms with Crippen LogP contribution in [0.5, 0.6) is 0 Å². The van der Waals surface area contributed by atoms with E-state index in [4.69, 9.17) is 4.74 Å². The number of ether oxygens (including phenoxy) is 1. The lowest BCUT2D eigenvalue weighted by atomic mass is 9.48. The molecule has 0 aromatic rings. The highest BCUT2D eigenvalue weighted by Crippen LogP contribution is 2.61. The van der Waals surface area contributed by atoms with Crippen LogP contribution >= 0.6 is 0 Å². The minimum atomic E-state index is 0.438. The standard InChI is InChI=1S/C17H28O2/c1-19-5-3-2-4-16(18)12-17-9-13-6-14(10-17)8-15(7-13)11-17/h13-15H,2-12H2,1H3. The highest BCUT2D eigenvalue weighted by atomic mass is 16.5. The van der Waals surface area contributed by atoms with Crippen molar-refractivity contribution in [3.8, 4) is 0 Å². The van der Waals surface area contributed by atoms with Crippen molar-refractivity contribution in [1.82, 2.24) is 0 Å². The Morgan fingerprint density at radius 2 is 1.63 bits per heavy atom. The molecule has 19 heavy (non-hydrogen) atoms. The van der Waals surface area contributed by atoms with Gasteiger partial charge >= 0.3 is 0 Å². The zero-order valence-corrected chi connectivity index (χ0v) is 12.3. The molecule has 0 aromatic heterocycles. The second-order valence-electron chi connectivity index (χ2n) is 7.58. The van der Waals surface area contributed by atoms with Gasteiger partial charge in [0.15, 0.2) is 0 Å². The number of unbranched alkanes of at least 4 members (excludes halogenated alkanes) is 1. The van der Waals surface area contributed by atoms with Crippen LogP contribution in [0.2, 0.25) is 0 Å². The highest BCUT2D eigenvalue weighted by molar-refractivity contribution is 5.79. The second-order valence-corrected chi connectivity index (χ2v) is 7.58. The molecule has 4 saturated carbocycles. The van der Waals surface area contributed by atoms with Gasteiger partial charge < -0.3 is 4.74 Å². The van der Waals surface area contributed by atoms with Crippen LogP contribution in [0.25, 0.3) is 0 Å². The molecule has 0 radical (unpaired) electrons. The predicted octanol–water partition coefficient (Wildman–Crippen LogP) is 3.98. The van der Waals surface area contributed by atoms with Gasteiger partial charge in [0.25, 0.3) is 0 Å². The zero-order valence-electron chi connectivity index (χ0n) is 12.3. The third-order valence-corrected chi connectivity index (χ3v) is 5.79. The van der Waals surface area contributed by atoms with Crippen LogP contribution in [0.3, 0.4) is 0 Å². The van der Waals surface area contributed by atoms with Crippen LogP contribution in [0.1, 0.15) is 64.2 Å². The fourth-order valence-corrected chi connectivity index (χ4v) is 5.58. The fraction of sp³-hybridized carbons (Fsp3) is 0.941. The molecule has 2 heteroatoms. The van der Waals surface area contributed by atoms with E-state index in [1.54, 1.807) is 7.11 Å². The maximum Gasteiger partial charge on any atom is 0.133 e. The summed E-state index contributed by atoms with van der Waals surface area (Å²) in [6, 6.07) is 0. The number of carbonyl (C=O) groups excluding carboxylic acids is 1. The molecule has 2 nitrogen and oxygen atoms in total. The van der Waals surface area contributed by atoms with E-state index in [1.807, 2.05) is 0 Å². The molecule has 4 aliphatic rings. The van der Waals surface area contributed by atoms with Crippen molar-refractivity contribution < 1.29 is 9.53 Å². The summed E-state index contributed by atoms with van der Waals surface area (Å²) in [5.74, 6) is 3.42. The number of methoxy groups -OCH3 is 1. The summed E-state index contributed by atoms with van der Waals surface area (Å²) < 4.78 is 5.05. The van der Waals surface area contributed by atoms with Crippen LogP contribution in [0.15, 0.2) is 0 Å². The van der Waals surface area contributed by atoms with Crippen LogP contribution in [-0.4, -0.2) is 19.5 Å². The van der Waals surface area contributed by atoms with E-state index in [9.17, 15) is 4.79 Å². The Balaban J connectivity index is 1.50. The summed E-state index contributed by atoms with van der Waals surface area (Å²) in [7, 11) is 1.73. The van der Waals surface area contributed by atoms with Crippen LogP contribution in [0.4, 0.5) is 0 Å². The Morgan fingerprint density at radius 1 is 1.05 bits per heavy atom. The summed E-state index contributed by atoms with van der Waals surface area (Å²) in [6.45, 7) is 0.796. The van der Waals surface area contributed by atoms with E-state index in [0.717, 1.165) is 50.0 Å². The van der Waals surface area contributed by atoms with Gasteiger partial charge in [-0.2, -0.15) is 0 Å². The molecule has 0 heterocycles. The Kier molecular flexibility index (Phi) is 3.98. The molecule has 0 atom stereocenters. The van der Waals surface area contributed by atoms with Crippen molar-refractivity contribution in [3.63, 3.8) is 0 Å². The van der Waals surface area contributed by atoms with E-state index in [-0.39, 0.29) is 0 Å². The molecule has 0 amide bonds. The van der Waals surface area contributed by atoms with E-state index in [0.29, 0.717) is 11.2 Å². The third-order valence-electron chi connectivity index (χ3n) is 5.79. The van der Waals surface area contributed by atoms with Gasteiger partial charge in [-0.05, 0) is 74.5 Å². The Morgan fingerprint density at radius 3 is 2.16 bits per heavy atom. The zero-order chi connectivity index (χ0) is 13.3. The number of hydrogen-bond acceptors (Lipinski definition) is 2. The van der Waals surface area contributed by atoms with E-state index >= 15 is 0 Å². The molecule has 0 aliphatic heterocycles. The van der Waals surface area contributed by atoms with Crippen molar-refractivity contribution in [2.45, 2.75) is 64.2 Å². The fourth-order valence-electron chi connectivity index (χ4n) is 5.58. The topological polar surface area (TPSA) is 26.3 Å². The Labute approximate surface area is 117 Å². The average molecular weight is 264 g/mol. The molecule has 0 N–H and O–H groups in total. The lowest BCUT2D eigenvalue weighted by Crippen LogP contribution is -2.46. The Bertz CT molecular complexity index is 299. The molecule has 108 valence electrons. The van der Waals surface area contributed by atoms with Gasteiger partial charge in [-0.3, -0.25) is 4.79 Å². The van der Waals surface area contributed by atoms with E-state index in [2.05, 4.69) is 0 Å². The van der Waals surface area contributed by atoms with Crippen molar-refractivity contribution in [2.75, 3.05) is 13.7 Å². The van der Waals surface area contributed by atoms with Gasteiger partial charge in [0.05, 0.1) is 0 Å². The monoisotopic (exact) mass is 264 g/mol. The van der Waals surface area contributed by atoms with Crippen LogP contribution in [0, 0.1) is 23.2 Å². The molecule has 4 rings (SSSR count). The normalized spacial score (nSPS) is 39.7. The van der Waals surface area contributed by atoms with Gasteiger partial charge in [0.2, 0.25) is 0 Å². The van der Waals surface area contributed by atoms with Crippen molar-refractivity contribution in [2.24, 2.45) is 23.2 Å². The van der Waals surface area contributed by atoms with Crippen molar-refractivity contribution in [3.05, 3.63) is 0 Å². The summed E-state index contributed by atoms with van der Waals surface area (Å²) in [5, 5.41) is 0. The lowest BCUT2D eigenvalue weighted by Gasteiger charge is -2.56.